The van der Waals surface area contributed by atoms with Crippen LogP contribution in [0.1, 0.15) is 30.9 Å². The van der Waals surface area contributed by atoms with Gasteiger partial charge in [0.1, 0.15) is 5.60 Å². The van der Waals surface area contributed by atoms with Gasteiger partial charge in [-0.05, 0) is 23.0 Å². The Kier molecular flexibility index (Phi) is 5.34. The number of carboxylic acids is 1. The second-order valence-corrected chi connectivity index (χ2v) is 4.93. The summed E-state index contributed by atoms with van der Waals surface area (Å²) in [7, 11) is 0. The average Bonchev–Trinajstić information content (AvgIpc) is 2.30. The van der Waals surface area contributed by atoms with Gasteiger partial charge in [0.15, 0.2) is 0 Å². The molecule has 0 aliphatic heterocycles. The summed E-state index contributed by atoms with van der Waals surface area (Å²) in [5, 5.41) is 20.0. The Morgan fingerprint density at radius 3 is 2.33 bits per heavy atom. The van der Waals surface area contributed by atoms with Crippen LogP contribution in [-0.4, -0.2) is 16.2 Å². The molecule has 1 aromatic carbocycles. The molecule has 18 heavy (non-hydrogen) atoms. The van der Waals surface area contributed by atoms with E-state index < -0.39 is 11.6 Å². The lowest BCUT2D eigenvalue weighted by atomic mass is 9.83. The number of aryl methyl sites for hydroxylation is 1. The van der Waals surface area contributed by atoms with Gasteiger partial charge < -0.3 is 10.2 Å². The zero-order valence-corrected chi connectivity index (χ0v) is 12.6. The van der Waals surface area contributed by atoms with Crippen LogP contribution in [0.3, 0.4) is 0 Å². The molecule has 0 amide bonds. The third-order valence-electron chi connectivity index (χ3n) is 2.93. The minimum absolute atomic E-state index is 0.0220. The number of aliphatic carboxylic acids is 1. The number of aliphatic hydroxyl groups is 1. The summed E-state index contributed by atoms with van der Waals surface area (Å²) in [5.41, 5.74) is 0.303. The second kappa shape index (κ2) is 6.33. The van der Waals surface area contributed by atoms with E-state index in [2.05, 4.69) is 0 Å². The van der Waals surface area contributed by atoms with Gasteiger partial charge in [0, 0.05) is 0 Å². The monoisotopic (exact) mass is 360 g/mol. The Morgan fingerprint density at radius 2 is 1.94 bits per heavy atom. The van der Waals surface area contributed by atoms with Gasteiger partial charge in [-0.1, -0.05) is 65.8 Å². The van der Waals surface area contributed by atoms with Crippen molar-refractivity contribution in [3.8, 4) is 0 Å². The van der Waals surface area contributed by atoms with E-state index in [0.29, 0.717) is 18.4 Å². The predicted molar refractivity (Wildman–Crippen MR) is 79.7 cm³/mol. The SMILES string of the molecule is CCCC(O)(C(=CI)C(=O)O)c1ccc(C)cc1. The van der Waals surface area contributed by atoms with Crippen molar-refractivity contribution in [2.24, 2.45) is 0 Å². The first kappa shape index (κ1) is 15.2. The van der Waals surface area contributed by atoms with E-state index in [4.69, 9.17) is 0 Å². The number of hydrogen-bond donors (Lipinski definition) is 2. The number of carboxylic acid groups (broad SMARTS) is 1. The molecule has 0 fully saturated rings. The maximum absolute atomic E-state index is 11.3. The number of halogens is 1. The summed E-state index contributed by atoms with van der Waals surface area (Å²) in [6.07, 6.45) is 1.09. The van der Waals surface area contributed by atoms with Gasteiger partial charge in [0.2, 0.25) is 0 Å². The van der Waals surface area contributed by atoms with Gasteiger partial charge >= 0.3 is 5.97 Å². The van der Waals surface area contributed by atoms with E-state index >= 15 is 0 Å². The van der Waals surface area contributed by atoms with Gasteiger partial charge in [0.05, 0.1) is 5.57 Å². The van der Waals surface area contributed by atoms with Crippen molar-refractivity contribution in [3.63, 3.8) is 0 Å². The summed E-state index contributed by atoms with van der Waals surface area (Å²) in [6, 6.07) is 7.33. The van der Waals surface area contributed by atoms with Crippen LogP contribution >= 0.6 is 22.6 Å². The smallest absolute Gasteiger partial charge is 0.335 e. The van der Waals surface area contributed by atoms with E-state index in [0.717, 1.165) is 5.56 Å². The van der Waals surface area contributed by atoms with E-state index in [1.54, 1.807) is 12.1 Å². The molecule has 98 valence electrons. The summed E-state index contributed by atoms with van der Waals surface area (Å²) in [4.78, 5) is 11.3. The number of carbonyl (C=O) groups is 1. The maximum atomic E-state index is 11.3. The third-order valence-corrected chi connectivity index (χ3v) is 3.55. The zero-order valence-electron chi connectivity index (χ0n) is 10.5. The fourth-order valence-electron chi connectivity index (χ4n) is 1.94. The molecule has 1 unspecified atom stereocenters. The molecule has 0 spiro atoms. The molecule has 0 aliphatic rings. The van der Waals surface area contributed by atoms with E-state index in [1.807, 2.05) is 48.6 Å². The van der Waals surface area contributed by atoms with Gasteiger partial charge in [-0.3, -0.25) is 0 Å². The predicted octanol–water partition coefficient (Wildman–Crippen LogP) is 3.39. The standard InChI is InChI=1S/C14H17IO3/c1-3-8-14(18,12(9-15)13(16)17)11-6-4-10(2)5-7-11/h4-7,9,18H,3,8H2,1-2H3,(H,16,17). The normalized spacial score (nSPS) is 15.2. The van der Waals surface area contributed by atoms with Crippen LogP contribution in [0.15, 0.2) is 33.9 Å². The highest BCUT2D eigenvalue weighted by atomic mass is 127. The molecule has 0 radical (unpaired) electrons. The molecule has 0 bridgehead atoms. The number of hydrogen-bond acceptors (Lipinski definition) is 2. The Bertz CT molecular complexity index is 451. The first-order valence-electron chi connectivity index (χ1n) is 5.79. The molecular weight excluding hydrogens is 343 g/mol. The maximum Gasteiger partial charge on any atom is 0.335 e. The molecule has 0 saturated heterocycles. The van der Waals surface area contributed by atoms with Crippen LogP contribution in [0, 0.1) is 6.92 Å². The molecule has 0 saturated carbocycles. The minimum atomic E-state index is -1.42. The summed E-state index contributed by atoms with van der Waals surface area (Å²) < 4.78 is 1.44. The molecule has 0 heterocycles. The minimum Gasteiger partial charge on any atom is -0.478 e. The lowest BCUT2D eigenvalue weighted by Gasteiger charge is -2.29. The molecular formula is C14H17IO3. The van der Waals surface area contributed by atoms with Crippen molar-refractivity contribution < 1.29 is 15.0 Å². The highest BCUT2D eigenvalue weighted by Gasteiger charge is 2.36. The highest BCUT2D eigenvalue weighted by Crippen LogP contribution is 2.35. The summed E-state index contributed by atoms with van der Waals surface area (Å²) >= 11 is 1.86. The van der Waals surface area contributed by atoms with Gasteiger partial charge in [-0.15, -0.1) is 0 Å². The lowest BCUT2D eigenvalue weighted by Crippen LogP contribution is -2.32. The molecule has 1 rings (SSSR count). The van der Waals surface area contributed by atoms with Crippen LogP contribution in [0.5, 0.6) is 0 Å². The van der Waals surface area contributed by atoms with Crippen molar-refractivity contribution in [2.45, 2.75) is 32.3 Å². The molecule has 2 N–H and O–H groups in total. The van der Waals surface area contributed by atoms with Gasteiger partial charge in [-0.2, -0.15) is 0 Å². The van der Waals surface area contributed by atoms with E-state index in [-0.39, 0.29) is 5.57 Å². The first-order chi connectivity index (χ1) is 8.45. The lowest BCUT2D eigenvalue weighted by molar-refractivity contribution is -0.135. The molecule has 0 aromatic heterocycles. The van der Waals surface area contributed by atoms with Crippen LogP contribution < -0.4 is 0 Å². The van der Waals surface area contributed by atoms with Crippen LogP contribution in [0.25, 0.3) is 0 Å². The largest absolute Gasteiger partial charge is 0.478 e. The third kappa shape index (κ3) is 3.11. The highest BCUT2D eigenvalue weighted by molar-refractivity contribution is 14.1. The van der Waals surface area contributed by atoms with Crippen molar-refractivity contribution in [2.75, 3.05) is 0 Å². The van der Waals surface area contributed by atoms with Crippen molar-refractivity contribution in [1.82, 2.24) is 0 Å². The topological polar surface area (TPSA) is 57.5 Å². The van der Waals surface area contributed by atoms with E-state index in [9.17, 15) is 15.0 Å². The van der Waals surface area contributed by atoms with E-state index in [1.165, 1.54) is 4.08 Å². The Hall–Kier alpha value is -0.880. The van der Waals surface area contributed by atoms with Crippen LogP contribution in [-0.2, 0) is 10.4 Å². The fourth-order valence-corrected chi connectivity index (χ4v) is 2.72. The fraction of sp³-hybridized carbons (Fsp3) is 0.357. The molecule has 3 nitrogen and oxygen atoms in total. The van der Waals surface area contributed by atoms with Crippen LogP contribution in [0.2, 0.25) is 0 Å². The van der Waals surface area contributed by atoms with Crippen LogP contribution in [0.4, 0.5) is 0 Å². The Labute approximate surface area is 121 Å². The molecule has 4 heteroatoms. The Balaban J connectivity index is 3.30. The second-order valence-electron chi connectivity index (χ2n) is 4.30. The molecule has 1 aromatic rings. The Morgan fingerprint density at radius 1 is 1.39 bits per heavy atom. The summed E-state index contributed by atoms with van der Waals surface area (Å²) in [5.74, 6) is -1.08. The molecule has 1 atom stereocenters. The summed E-state index contributed by atoms with van der Waals surface area (Å²) in [6.45, 7) is 3.88. The van der Waals surface area contributed by atoms with Crippen molar-refractivity contribution >= 4 is 28.6 Å². The quantitative estimate of drug-likeness (QED) is 0.625. The molecule has 0 aliphatic carbocycles. The first-order valence-corrected chi connectivity index (χ1v) is 7.04. The number of benzene rings is 1. The van der Waals surface area contributed by atoms with Crippen molar-refractivity contribution in [3.05, 3.63) is 45.0 Å². The van der Waals surface area contributed by atoms with Gasteiger partial charge in [0.25, 0.3) is 0 Å². The van der Waals surface area contributed by atoms with Crippen molar-refractivity contribution in [1.29, 1.82) is 0 Å². The van der Waals surface area contributed by atoms with Gasteiger partial charge in [-0.25, -0.2) is 4.79 Å². The number of rotatable bonds is 5. The average molecular weight is 360 g/mol. The zero-order chi connectivity index (χ0) is 13.8.